The fourth-order valence-corrected chi connectivity index (χ4v) is 4.51. The molecule has 50 heavy (non-hydrogen) atoms. The van der Waals surface area contributed by atoms with E-state index in [1.165, 1.54) is 54.9 Å². The Morgan fingerprint density at radius 2 is 0.840 bits per heavy atom. The Labute approximate surface area is 332 Å². The number of hydrogen-bond acceptors (Lipinski definition) is 2. The summed E-state index contributed by atoms with van der Waals surface area (Å²) >= 11 is -0.826. The van der Waals surface area contributed by atoms with Crippen LogP contribution >= 0.6 is 17.0 Å². The molecule has 6 aromatic rings. The number of halogens is 2. The molecular formula is C40H46Cl2GaN2O2Si2Zr-4. The zero-order valence-electron chi connectivity index (χ0n) is 30.2. The van der Waals surface area contributed by atoms with E-state index in [1.807, 2.05) is 39.3 Å². The summed E-state index contributed by atoms with van der Waals surface area (Å²) < 4.78 is 0. The molecule has 0 aliphatic rings. The predicted molar refractivity (Wildman–Crippen MR) is 223 cm³/mol. The van der Waals surface area contributed by atoms with Gasteiger partial charge in [-0.15, -0.1) is 69.1 Å². The number of fused-ring (bicyclic) bond motifs is 2. The molecule has 0 saturated carbocycles. The molecule has 0 unspecified atom stereocenters. The maximum absolute atomic E-state index is 10.2. The van der Waals surface area contributed by atoms with Crippen molar-refractivity contribution in [3.8, 4) is 22.3 Å². The van der Waals surface area contributed by atoms with Crippen LogP contribution in [0, 0.1) is 13.8 Å². The average molecular weight is 875 g/mol. The summed E-state index contributed by atoms with van der Waals surface area (Å²) in [5.41, 5.74) is 20.5. The van der Waals surface area contributed by atoms with Gasteiger partial charge in [0, 0.05) is 30.9 Å². The third-order valence-electron chi connectivity index (χ3n) is 7.32. The number of aryl methyl sites for hydroxylation is 2. The van der Waals surface area contributed by atoms with E-state index in [0.29, 0.717) is 0 Å². The van der Waals surface area contributed by atoms with E-state index in [9.17, 15) is 9.59 Å². The molecule has 6 rings (SSSR count). The number of hydrogen-bond donors (Lipinski definition) is 0. The molecular weight excluding hydrogens is 828 g/mol. The van der Waals surface area contributed by atoms with Crippen molar-refractivity contribution in [1.29, 1.82) is 0 Å². The van der Waals surface area contributed by atoms with Gasteiger partial charge < -0.3 is 21.1 Å². The van der Waals surface area contributed by atoms with Crippen LogP contribution in [0.3, 0.4) is 0 Å². The summed E-state index contributed by atoms with van der Waals surface area (Å²) in [6.45, 7) is 15.5. The summed E-state index contributed by atoms with van der Waals surface area (Å²) in [6, 6.07) is 43.1. The zero-order valence-corrected chi connectivity index (χ0v) is 38.6. The smallest absolute Gasteiger partial charge is 0 e. The molecule has 0 saturated heterocycles. The third kappa shape index (κ3) is 15.0. The van der Waals surface area contributed by atoms with E-state index in [1.54, 1.807) is 0 Å². The second-order valence-electron chi connectivity index (χ2n) is 13.6. The topological polar surface area (TPSA) is 81.7 Å². The number of carbonyl (C=O) groups excluding carboxylic acids is 2. The summed E-state index contributed by atoms with van der Waals surface area (Å²) in [5, 5.41) is 5.37. The molecule has 2 amide bonds. The Hall–Kier alpha value is -2.43. The normalized spacial score (nSPS) is 10.4. The number of amides is 2. The quantitative estimate of drug-likeness (QED) is 0.131. The van der Waals surface area contributed by atoms with Gasteiger partial charge >= 0.3 is 37.9 Å². The predicted octanol–water partition coefficient (Wildman–Crippen LogP) is 14.2. The van der Waals surface area contributed by atoms with Gasteiger partial charge in [0.15, 0.2) is 0 Å². The minimum atomic E-state index is -1.71. The van der Waals surface area contributed by atoms with E-state index in [-0.39, 0.29) is 30.9 Å². The number of nitrogens with one attached hydrogen (secondary N) is 2. The number of benzene rings is 4. The van der Waals surface area contributed by atoms with Gasteiger partial charge in [0.25, 0.3) is 0 Å². The first-order chi connectivity index (χ1) is 23.0. The number of rotatable bonds is 4. The van der Waals surface area contributed by atoms with Gasteiger partial charge in [-0.1, -0.05) is 137 Å². The van der Waals surface area contributed by atoms with Crippen LogP contribution in [-0.4, -0.2) is 47.0 Å². The second-order valence-corrected chi connectivity index (χ2v) is 27.3. The van der Waals surface area contributed by atoms with E-state index in [0.717, 1.165) is 0 Å². The standard InChI is InChI=1S/2C16H13.2C4H11NOSi.2ClH.Ga.Zr/c2*1-12-10-14-8-5-9-15(16(14)11-12)13-6-3-2-4-7-13;2*1-7(2,3)4(5)6;;;;/h2*2-11H,1H3;2*1-3H3,(H2,5,6);2*1H;;/q2*-1;;;;;;+2/p-4. The molecule has 0 aliphatic heterocycles. The monoisotopic (exact) mass is 871 g/mol. The zero-order chi connectivity index (χ0) is 36.8. The van der Waals surface area contributed by atoms with Crippen LogP contribution < -0.4 is 0 Å². The molecule has 6 aromatic carbocycles. The van der Waals surface area contributed by atoms with Crippen LogP contribution in [0.25, 0.3) is 55.3 Å². The van der Waals surface area contributed by atoms with Crippen LogP contribution in [0.1, 0.15) is 11.1 Å². The van der Waals surface area contributed by atoms with Crippen LogP contribution in [0.5, 0.6) is 0 Å². The van der Waals surface area contributed by atoms with Crippen molar-refractivity contribution in [2.45, 2.75) is 53.1 Å². The number of carbonyl (C=O) groups is 2. The van der Waals surface area contributed by atoms with Crippen LogP contribution in [-0.2, 0) is 20.8 Å². The van der Waals surface area contributed by atoms with Crippen LogP contribution in [0.2, 0.25) is 39.3 Å². The maximum atomic E-state index is 10.2. The molecule has 0 aliphatic carbocycles. The molecule has 3 radical (unpaired) electrons. The van der Waals surface area contributed by atoms with Gasteiger partial charge in [-0.05, 0) is 11.1 Å². The molecule has 0 aromatic heterocycles. The van der Waals surface area contributed by atoms with Gasteiger partial charge in [-0.2, -0.15) is 12.1 Å². The molecule has 0 bridgehead atoms. The molecule has 0 fully saturated rings. The van der Waals surface area contributed by atoms with Crippen LogP contribution in [0.15, 0.2) is 121 Å². The molecule has 2 N–H and O–H groups in total. The van der Waals surface area contributed by atoms with E-state index >= 15 is 0 Å². The molecule has 0 spiro atoms. The minimum absolute atomic E-state index is 0. The van der Waals surface area contributed by atoms with Gasteiger partial charge in [-0.25, -0.2) is 0 Å². The van der Waals surface area contributed by atoms with Gasteiger partial charge in [0.05, 0.1) is 16.1 Å². The minimum Gasteiger partial charge on any atom is 0 e. The first kappa shape index (κ1) is 45.6. The third-order valence-corrected chi connectivity index (χ3v) is 10.0. The molecule has 0 atom stereocenters. The Balaban J connectivity index is 0.000000345. The maximum Gasteiger partial charge on any atom is 0 e. The van der Waals surface area contributed by atoms with Crippen molar-refractivity contribution in [2.24, 2.45) is 0 Å². The summed E-state index contributed by atoms with van der Waals surface area (Å²) in [6.07, 6.45) is 0. The largest absolute Gasteiger partial charge is 0 e. The van der Waals surface area contributed by atoms with E-state index < -0.39 is 37.0 Å². The fourth-order valence-electron chi connectivity index (χ4n) is 4.51. The molecule has 4 nitrogen and oxygen atoms in total. The molecule has 10 heteroatoms. The van der Waals surface area contributed by atoms with E-state index in [2.05, 4.69) is 135 Å². The van der Waals surface area contributed by atoms with E-state index in [4.69, 9.17) is 28.5 Å². The van der Waals surface area contributed by atoms with Crippen molar-refractivity contribution >= 4 is 85.6 Å². The van der Waals surface area contributed by atoms with Gasteiger partial charge in [-0.3, -0.25) is 0 Å². The fraction of sp³-hybridized carbons (Fsp3) is 0.200. The first-order valence-electron chi connectivity index (χ1n) is 15.9. The Kier molecular flexibility index (Phi) is 19.9. The summed E-state index contributed by atoms with van der Waals surface area (Å²) in [5.74, 6) is 0. The molecule has 0 heterocycles. The van der Waals surface area contributed by atoms with Crippen molar-refractivity contribution in [2.75, 3.05) is 0 Å². The van der Waals surface area contributed by atoms with Gasteiger partial charge in [0.2, 0.25) is 0 Å². The SMILES string of the molecule is C[Si](C)(C)C([NH-])=O.C[Si](C)(C)C([NH-])=O.Cc1cc2c(-c3ccccc3)cccc2[cH-]1.Cc1cc2c(-c3ccccc3)cccc2[cH-]1.[Cl][Zr][Cl].[Ga]. The Morgan fingerprint density at radius 3 is 1.10 bits per heavy atom. The van der Waals surface area contributed by atoms with Crippen LogP contribution in [0.4, 0.5) is 9.59 Å². The Morgan fingerprint density at radius 1 is 0.560 bits per heavy atom. The van der Waals surface area contributed by atoms with Crippen molar-refractivity contribution in [3.63, 3.8) is 0 Å². The second kappa shape index (κ2) is 21.8. The van der Waals surface area contributed by atoms with Crippen molar-refractivity contribution in [3.05, 3.63) is 144 Å². The van der Waals surface area contributed by atoms with Gasteiger partial charge in [0.1, 0.15) is 0 Å². The summed E-state index contributed by atoms with van der Waals surface area (Å²) in [7, 11) is 6.45. The Bertz CT molecular complexity index is 1780. The van der Waals surface area contributed by atoms with Crippen molar-refractivity contribution < 1.29 is 30.4 Å². The summed E-state index contributed by atoms with van der Waals surface area (Å²) in [4.78, 5) is 20.4. The average Bonchev–Trinajstić information content (AvgIpc) is 3.63. The molecule has 261 valence electrons. The first-order valence-corrected chi connectivity index (χ1v) is 29.2. The van der Waals surface area contributed by atoms with Crippen molar-refractivity contribution in [1.82, 2.24) is 0 Å².